The van der Waals surface area contributed by atoms with E-state index in [0.29, 0.717) is 6.54 Å². The predicted molar refractivity (Wildman–Crippen MR) is 63.5 cm³/mol. The number of H-pyrrole nitrogens is 1. The molecular weight excluding hydrogens is 218 g/mol. The number of likely N-dealkylation sites (tertiary alicyclic amines) is 1. The smallest absolute Gasteiger partial charge is 0.293 e. The van der Waals surface area contributed by atoms with Crippen LogP contribution in [0.4, 0.5) is 0 Å². The van der Waals surface area contributed by atoms with Gasteiger partial charge in [0.1, 0.15) is 5.82 Å². The van der Waals surface area contributed by atoms with Crippen LogP contribution in [-0.4, -0.2) is 45.1 Å². The van der Waals surface area contributed by atoms with Gasteiger partial charge < -0.3 is 10.6 Å². The highest BCUT2D eigenvalue weighted by atomic mass is 16.2. The van der Waals surface area contributed by atoms with Crippen molar-refractivity contribution in [3.63, 3.8) is 0 Å². The Bertz CT molecular complexity index is 389. The van der Waals surface area contributed by atoms with Gasteiger partial charge in [-0.25, -0.2) is 4.98 Å². The predicted octanol–water partition coefficient (Wildman–Crippen LogP) is 0.321. The SMILES string of the molecule is CCCc1nc(C(=O)N2CCCC2CN)n[nH]1. The lowest BCUT2D eigenvalue weighted by molar-refractivity contribution is 0.0729. The monoisotopic (exact) mass is 237 g/mol. The molecule has 1 amide bonds. The number of nitrogens with two attached hydrogens (primary N) is 1. The molecule has 1 aromatic rings. The van der Waals surface area contributed by atoms with Crippen LogP contribution in [-0.2, 0) is 6.42 Å². The minimum Gasteiger partial charge on any atom is -0.332 e. The van der Waals surface area contributed by atoms with Gasteiger partial charge in [-0.15, -0.1) is 5.10 Å². The number of aromatic amines is 1. The first-order chi connectivity index (χ1) is 8.26. The quantitative estimate of drug-likeness (QED) is 0.789. The van der Waals surface area contributed by atoms with Gasteiger partial charge in [-0.1, -0.05) is 6.92 Å². The molecule has 1 atom stereocenters. The second kappa shape index (κ2) is 5.27. The Balaban J connectivity index is 2.07. The number of carbonyl (C=O) groups is 1. The van der Waals surface area contributed by atoms with Gasteiger partial charge >= 0.3 is 0 Å². The minimum absolute atomic E-state index is 0.100. The van der Waals surface area contributed by atoms with E-state index in [4.69, 9.17) is 5.73 Å². The van der Waals surface area contributed by atoms with Crippen molar-refractivity contribution in [2.24, 2.45) is 5.73 Å². The van der Waals surface area contributed by atoms with E-state index >= 15 is 0 Å². The van der Waals surface area contributed by atoms with Crippen molar-refractivity contribution in [1.82, 2.24) is 20.1 Å². The number of aryl methyl sites for hydroxylation is 1. The molecule has 1 saturated heterocycles. The lowest BCUT2D eigenvalue weighted by Gasteiger charge is -2.21. The van der Waals surface area contributed by atoms with Gasteiger partial charge in [0.25, 0.3) is 5.91 Å². The van der Waals surface area contributed by atoms with Crippen LogP contribution in [0.3, 0.4) is 0 Å². The fraction of sp³-hybridized carbons (Fsp3) is 0.727. The number of hydrogen-bond acceptors (Lipinski definition) is 4. The maximum absolute atomic E-state index is 12.2. The number of hydrogen-bond donors (Lipinski definition) is 2. The summed E-state index contributed by atoms with van der Waals surface area (Å²) in [4.78, 5) is 18.2. The summed E-state index contributed by atoms with van der Waals surface area (Å²) in [5, 5.41) is 6.78. The molecule has 0 saturated carbocycles. The van der Waals surface area contributed by atoms with Crippen molar-refractivity contribution in [1.29, 1.82) is 0 Å². The molecule has 3 N–H and O–H groups in total. The average Bonchev–Trinajstić information content (AvgIpc) is 2.96. The molecule has 2 heterocycles. The summed E-state index contributed by atoms with van der Waals surface area (Å²) in [6.07, 6.45) is 3.80. The second-order valence-corrected chi connectivity index (χ2v) is 4.39. The molecule has 1 fully saturated rings. The lowest BCUT2D eigenvalue weighted by Crippen LogP contribution is -2.40. The molecule has 0 spiro atoms. The Hall–Kier alpha value is -1.43. The first-order valence-corrected chi connectivity index (χ1v) is 6.18. The Labute approximate surface area is 101 Å². The molecule has 6 nitrogen and oxygen atoms in total. The second-order valence-electron chi connectivity index (χ2n) is 4.39. The largest absolute Gasteiger partial charge is 0.332 e. The maximum Gasteiger partial charge on any atom is 0.293 e. The summed E-state index contributed by atoms with van der Waals surface area (Å²) >= 11 is 0. The van der Waals surface area contributed by atoms with Crippen molar-refractivity contribution in [2.75, 3.05) is 13.1 Å². The fourth-order valence-electron chi connectivity index (χ4n) is 2.22. The third-order valence-electron chi connectivity index (χ3n) is 3.12. The molecule has 1 aliphatic heterocycles. The summed E-state index contributed by atoms with van der Waals surface area (Å²) < 4.78 is 0. The van der Waals surface area contributed by atoms with Crippen molar-refractivity contribution >= 4 is 5.91 Å². The highest BCUT2D eigenvalue weighted by Gasteiger charge is 2.30. The molecule has 0 radical (unpaired) electrons. The van der Waals surface area contributed by atoms with E-state index < -0.39 is 0 Å². The topological polar surface area (TPSA) is 87.9 Å². The third kappa shape index (κ3) is 2.46. The summed E-state index contributed by atoms with van der Waals surface area (Å²) in [5.74, 6) is 0.949. The van der Waals surface area contributed by atoms with Gasteiger partial charge in [-0.3, -0.25) is 9.89 Å². The minimum atomic E-state index is -0.100. The number of carbonyl (C=O) groups excluding carboxylic acids is 1. The highest BCUT2D eigenvalue weighted by molar-refractivity contribution is 5.90. The van der Waals surface area contributed by atoms with Crippen molar-refractivity contribution < 1.29 is 4.79 Å². The highest BCUT2D eigenvalue weighted by Crippen LogP contribution is 2.18. The van der Waals surface area contributed by atoms with Gasteiger partial charge in [0.2, 0.25) is 5.82 Å². The number of nitrogens with zero attached hydrogens (tertiary/aromatic N) is 3. The maximum atomic E-state index is 12.2. The van der Waals surface area contributed by atoms with Crippen LogP contribution in [0.1, 0.15) is 42.6 Å². The van der Waals surface area contributed by atoms with Crippen LogP contribution in [0.5, 0.6) is 0 Å². The standard InChI is InChI=1S/C11H19N5O/c1-2-4-9-13-10(15-14-9)11(17)16-6-3-5-8(16)7-12/h8H,2-7,12H2,1H3,(H,13,14,15). The van der Waals surface area contributed by atoms with Gasteiger partial charge in [-0.05, 0) is 19.3 Å². The van der Waals surface area contributed by atoms with E-state index in [1.807, 2.05) is 0 Å². The van der Waals surface area contributed by atoms with Gasteiger partial charge in [-0.2, -0.15) is 0 Å². The fourth-order valence-corrected chi connectivity index (χ4v) is 2.22. The summed E-state index contributed by atoms with van der Waals surface area (Å²) in [7, 11) is 0. The van der Waals surface area contributed by atoms with Crippen LogP contribution >= 0.6 is 0 Å². The molecule has 0 aromatic carbocycles. The summed E-state index contributed by atoms with van der Waals surface area (Å²) in [6, 6.07) is 0.149. The molecule has 6 heteroatoms. The normalized spacial score (nSPS) is 19.9. The first-order valence-electron chi connectivity index (χ1n) is 6.18. The molecule has 0 bridgehead atoms. The van der Waals surface area contributed by atoms with E-state index in [1.54, 1.807) is 4.90 Å². The molecular formula is C11H19N5O. The molecule has 2 rings (SSSR count). The molecule has 94 valence electrons. The zero-order valence-electron chi connectivity index (χ0n) is 10.1. The molecule has 0 aliphatic carbocycles. The Morgan fingerprint density at radius 1 is 1.65 bits per heavy atom. The molecule has 1 unspecified atom stereocenters. The third-order valence-corrected chi connectivity index (χ3v) is 3.12. The van der Waals surface area contributed by atoms with Gasteiger partial charge in [0, 0.05) is 25.6 Å². The van der Waals surface area contributed by atoms with Gasteiger partial charge in [0.05, 0.1) is 0 Å². The van der Waals surface area contributed by atoms with E-state index in [9.17, 15) is 4.79 Å². The van der Waals surface area contributed by atoms with Gasteiger partial charge in [0.15, 0.2) is 0 Å². The lowest BCUT2D eigenvalue weighted by atomic mass is 10.2. The Morgan fingerprint density at radius 3 is 3.18 bits per heavy atom. The van der Waals surface area contributed by atoms with E-state index in [1.165, 1.54) is 0 Å². The average molecular weight is 237 g/mol. The van der Waals surface area contributed by atoms with Crippen LogP contribution < -0.4 is 5.73 Å². The molecule has 1 aromatic heterocycles. The van der Waals surface area contributed by atoms with E-state index in [-0.39, 0.29) is 17.8 Å². The zero-order chi connectivity index (χ0) is 12.3. The van der Waals surface area contributed by atoms with Crippen LogP contribution in [0, 0.1) is 0 Å². The number of aromatic nitrogens is 3. The number of nitrogens with one attached hydrogen (secondary N) is 1. The van der Waals surface area contributed by atoms with Crippen LogP contribution in [0.15, 0.2) is 0 Å². The Morgan fingerprint density at radius 2 is 2.47 bits per heavy atom. The van der Waals surface area contributed by atoms with Crippen molar-refractivity contribution in [3.8, 4) is 0 Å². The molecule has 17 heavy (non-hydrogen) atoms. The van der Waals surface area contributed by atoms with E-state index in [2.05, 4.69) is 22.1 Å². The number of rotatable bonds is 4. The Kier molecular flexibility index (Phi) is 3.73. The van der Waals surface area contributed by atoms with Crippen molar-refractivity contribution in [3.05, 3.63) is 11.6 Å². The molecule has 1 aliphatic rings. The first kappa shape index (κ1) is 12.0. The zero-order valence-corrected chi connectivity index (χ0v) is 10.1. The summed E-state index contributed by atoms with van der Waals surface area (Å²) in [6.45, 7) is 3.34. The summed E-state index contributed by atoms with van der Waals surface area (Å²) in [5.41, 5.74) is 5.65. The van der Waals surface area contributed by atoms with Crippen LogP contribution in [0.2, 0.25) is 0 Å². The van der Waals surface area contributed by atoms with E-state index in [0.717, 1.165) is 38.1 Å². The van der Waals surface area contributed by atoms with Crippen molar-refractivity contribution in [2.45, 2.75) is 38.6 Å². The number of amides is 1. The van der Waals surface area contributed by atoms with Crippen LogP contribution in [0.25, 0.3) is 0 Å².